The monoisotopic (exact) mass is 302 g/mol. The summed E-state index contributed by atoms with van der Waals surface area (Å²) in [6, 6.07) is 7.00. The Hall–Kier alpha value is -1.88. The number of carbonyl (C=O) groups excluding carboxylic acids is 1. The molecule has 0 atom stereocenters. The van der Waals surface area contributed by atoms with Crippen molar-refractivity contribution in [3.63, 3.8) is 0 Å². The molecule has 0 amide bonds. The minimum Gasteiger partial charge on any atom is -0.288 e. The summed E-state index contributed by atoms with van der Waals surface area (Å²) in [5.41, 5.74) is -1.20. The first kappa shape index (κ1) is 14.5. The van der Waals surface area contributed by atoms with Gasteiger partial charge in [-0.2, -0.15) is 13.2 Å². The standard InChI is InChI=1S/C14H7ClF4O/c15-10-5-6-12(16)11(7-10)13(20)8-1-3-9(4-2-8)14(17,18)19/h1-7H. The summed E-state index contributed by atoms with van der Waals surface area (Å²) in [6.45, 7) is 0. The average Bonchev–Trinajstić information content (AvgIpc) is 2.40. The first-order chi connectivity index (χ1) is 9.29. The van der Waals surface area contributed by atoms with E-state index < -0.39 is 23.3 Å². The second kappa shape index (κ2) is 5.25. The van der Waals surface area contributed by atoms with Gasteiger partial charge in [0.2, 0.25) is 0 Å². The van der Waals surface area contributed by atoms with Crippen molar-refractivity contribution >= 4 is 17.4 Å². The van der Waals surface area contributed by atoms with E-state index in [1.807, 2.05) is 0 Å². The molecule has 0 spiro atoms. The van der Waals surface area contributed by atoms with Gasteiger partial charge >= 0.3 is 6.18 Å². The van der Waals surface area contributed by atoms with E-state index in [-0.39, 0.29) is 16.1 Å². The highest BCUT2D eigenvalue weighted by Crippen LogP contribution is 2.29. The second-order valence-electron chi connectivity index (χ2n) is 4.03. The van der Waals surface area contributed by atoms with Gasteiger partial charge in [-0.3, -0.25) is 4.79 Å². The van der Waals surface area contributed by atoms with Gasteiger partial charge in [-0.1, -0.05) is 23.7 Å². The molecular weight excluding hydrogens is 296 g/mol. The van der Waals surface area contributed by atoms with E-state index in [0.29, 0.717) is 0 Å². The van der Waals surface area contributed by atoms with Crippen molar-refractivity contribution in [3.8, 4) is 0 Å². The van der Waals surface area contributed by atoms with E-state index in [1.165, 1.54) is 6.07 Å². The average molecular weight is 303 g/mol. The highest BCUT2D eigenvalue weighted by Gasteiger charge is 2.30. The van der Waals surface area contributed by atoms with Crippen molar-refractivity contribution in [2.75, 3.05) is 0 Å². The quantitative estimate of drug-likeness (QED) is 0.579. The van der Waals surface area contributed by atoms with Crippen LogP contribution < -0.4 is 0 Å². The molecular formula is C14H7ClF4O. The van der Waals surface area contributed by atoms with Crippen molar-refractivity contribution in [1.29, 1.82) is 0 Å². The number of hydrogen-bond donors (Lipinski definition) is 0. The van der Waals surface area contributed by atoms with Gasteiger partial charge in [0, 0.05) is 10.6 Å². The molecule has 20 heavy (non-hydrogen) atoms. The van der Waals surface area contributed by atoms with Crippen LogP contribution in [-0.2, 0) is 6.18 Å². The Balaban J connectivity index is 2.37. The van der Waals surface area contributed by atoms with Crippen LogP contribution in [0.25, 0.3) is 0 Å². The van der Waals surface area contributed by atoms with Crippen molar-refractivity contribution < 1.29 is 22.4 Å². The van der Waals surface area contributed by atoms with Crippen LogP contribution in [0.1, 0.15) is 21.5 Å². The zero-order chi connectivity index (χ0) is 14.9. The molecule has 0 saturated heterocycles. The lowest BCUT2D eigenvalue weighted by molar-refractivity contribution is -0.137. The summed E-state index contributed by atoms with van der Waals surface area (Å²) in [5, 5.41) is 0.168. The van der Waals surface area contributed by atoms with Crippen LogP contribution in [-0.4, -0.2) is 5.78 Å². The van der Waals surface area contributed by atoms with Gasteiger partial charge in [-0.15, -0.1) is 0 Å². The molecule has 0 aliphatic carbocycles. The molecule has 0 bridgehead atoms. The van der Waals surface area contributed by atoms with E-state index in [2.05, 4.69) is 0 Å². The molecule has 2 rings (SSSR count). The summed E-state index contributed by atoms with van der Waals surface area (Å²) in [5.74, 6) is -1.50. The third-order valence-electron chi connectivity index (χ3n) is 2.65. The molecule has 0 heterocycles. The Kier molecular flexibility index (Phi) is 3.81. The SMILES string of the molecule is O=C(c1ccc(C(F)(F)F)cc1)c1cc(Cl)ccc1F. The van der Waals surface area contributed by atoms with E-state index in [9.17, 15) is 22.4 Å². The zero-order valence-corrected chi connectivity index (χ0v) is 10.6. The summed E-state index contributed by atoms with van der Waals surface area (Å²) >= 11 is 5.67. The smallest absolute Gasteiger partial charge is 0.288 e. The molecule has 0 saturated carbocycles. The maximum absolute atomic E-state index is 13.5. The van der Waals surface area contributed by atoms with Crippen molar-refractivity contribution in [2.45, 2.75) is 6.18 Å². The number of rotatable bonds is 2. The molecule has 0 aliphatic heterocycles. The van der Waals surface area contributed by atoms with Crippen LogP contribution in [0, 0.1) is 5.82 Å². The molecule has 1 nitrogen and oxygen atoms in total. The summed E-state index contributed by atoms with van der Waals surface area (Å²) in [7, 11) is 0. The van der Waals surface area contributed by atoms with Gasteiger partial charge in [0.15, 0.2) is 5.78 Å². The molecule has 104 valence electrons. The largest absolute Gasteiger partial charge is 0.416 e. The van der Waals surface area contributed by atoms with Crippen LogP contribution in [0.15, 0.2) is 42.5 Å². The van der Waals surface area contributed by atoms with Crippen molar-refractivity contribution in [2.24, 2.45) is 0 Å². The van der Waals surface area contributed by atoms with Gasteiger partial charge < -0.3 is 0 Å². The number of alkyl halides is 3. The Morgan fingerprint density at radius 1 is 1.00 bits per heavy atom. The fourth-order valence-electron chi connectivity index (χ4n) is 1.64. The summed E-state index contributed by atoms with van der Waals surface area (Å²) < 4.78 is 50.7. The Bertz CT molecular complexity index is 647. The van der Waals surface area contributed by atoms with Crippen LogP contribution >= 0.6 is 11.6 Å². The maximum atomic E-state index is 13.5. The molecule has 0 radical (unpaired) electrons. The fraction of sp³-hybridized carbons (Fsp3) is 0.0714. The number of hydrogen-bond acceptors (Lipinski definition) is 1. The lowest BCUT2D eigenvalue weighted by Gasteiger charge is -2.07. The van der Waals surface area contributed by atoms with Gasteiger partial charge in [0.05, 0.1) is 11.1 Å². The molecule has 0 fully saturated rings. The Labute approximate surface area is 116 Å². The van der Waals surface area contributed by atoms with Crippen LogP contribution in [0.2, 0.25) is 5.02 Å². The maximum Gasteiger partial charge on any atom is 0.416 e. The topological polar surface area (TPSA) is 17.1 Å². The molecule has 2 aromatic rings. The molecule has 0 unspecified atom stereocenters. The van der Waals surface area contributed by atoms with Crippen molar-refractivity contribution in [1.82, 2.24) is 0 Å². The van der Waals surface area contributed by atoms with Gasteiger partial charge in [0.25, 0.3) is 0 Å². The third-order valence-corrected chi connectivity index (χ3v) is 2.88. The van der Waals surface area contributed by atoms with Crippen LogP contribution in [0.4, 0.5) is 17.6 Å². The van der Waals surface area contributed by atoms with Gasteiger partial charge in [-0.25, -0.2) is 4.39 Å². The Morgan fingerprint density at radius 2 is 1.60 bits per heavy atom. The number of carbonyl (C=O) groups is 1. The minimum absolute atomic E-state index is 0.0424. The molecule has 2 aromatic carbocycles. The highest BCUT2D eigenvalue weighted by molar-refractivity contribution is 6.31. The van der Waals surface area contributed by atoms with E-state index >= 15 is 0 Å². The highest BCUT2D eigenvalue weighted by atomic mass is 35.5. The van der Waals surface area contributed by atoms with E-state index in [0.717, 1.165) is 36.4 Å². The first-order valence-electron chi connectivity index (χ1n) is 5.46. The van der Waals surface area contributed by atoms with E-state index in [4.69, 9.17) is 11.6 Å². The zero-order valence-electron chi connectivity index (χ0n) is 9.84. The normalized spacial score (nSPS) is 11.4. The number of benzene rings is 2. The second-order valence-corrected chi connectivity index (χ2v) is 4.46. The first-order valence-corrected chi connectivity index (χ1v) is 5.84. The summed E-state index contributed by atoms with van der Waals surface area (Å²) in [6.07, 6.45) is -4.48. The van der Waals surface area contributed by atoms with Crippen LogP contribution in [0.3, 0.4) is 0 Å². The molecule has 0 aromatic heterocycles. The summed E-state index contributed by atoms with van der Waals surface area (Å²) in [4.78, 5) is 12.0. The molecule has 6 heteroatoms. The fourth-order valence-corrected chi connectivity index (χ4v) is 1.81. The predicted molar refractivity (Wildman–Crippen MR) is 66.3 cm³/mol. The van der Waals surface area contributed by atoms with Gasteiger partial charge in [0.1, 0.15) is 5.82 Å². The molecule has 0 N–H and O–H groups in total. The predicted octanol–water partition coefficient (Wildman–Crippen LogP) is 4.73. The van der Waals surface area contributed by atoms with E-state index in [1.54, 1.807) is 0 Å². The molecule has 0 aliphatic rings. The van der Waals surface area contributed by atoms with Crippen molar-refractivity contribution in [3.05, 3.63) is 70.0 Å². The minimum atomic E-state index is -4.48. The lowest BCUT2D eigenvalue weighted by Crippen LogP contribution is -2.07. The van der Waals surface area contributed by atoms with Crippen LogP contribution in [0.5, 0.6) is 0 Å². The third kappa shape index (κ3) is 2.99. The lowest BCUT2D eigenvalue weighted by atomic mass is 10.0. The Morgan fingerprint density at radius 3 is 2.15 bits per heavy atom. The number of halogens is 5. The number of ketones is 1. The van der Waals surface area contributed by atoms with Gasteiger partial charge in [-0.05, 0) is 30.3 Å².